The highest BCUT2D eigenvalue weighted by Gasteiger charge is 2.12. The Labute approximate surface area is 175 Å². The molecule has 0 aliphatic rings. The fourth-order valence-electron chi connectivity index (χ4n) is 2.91. The molecule has 6 heteroatoms. The number of nitrogens with zero attached hydrogens (tertiary/aromatic N) is 1. The normalized spacial score (nSPS) is 13.1. The lowest BCUT2D eigenvalue weighted by Gasteiger charge is -2.16. The number of ether oxygens (including phenoxy) is 1. The lowest BCUT2D eigenvalue weighted by molar-refractivity contribution is 0.138. The van der Waals surface area contributed by atoms with Crippen LogP contribution in [0.25, 0.3) is 0 Å². The van der Waals surface area contributed by atoms with Gasteiger partial charge in [-0.2, -0.15) is 0 Å². The van der Waals surface area contributed by atoms with E-state index < -0.39 is 6.09 Å². The summed E-state index contributed by atoms with van der Waals surface area (Å²) in [5.74, 6) is 0. The number of carbonyl (C=O) groups excluding carboxylic acids is 1. The van der Waals surface area contributed by atoms with Crippen molar-refractivity contribution in [2.24, 2.45) is 5.73 Å². The fraction of sp³-hybridized carbons (Fsp3) is 0.217. The standard InChI is InChI=1S/C23H25N3O2S/c24-20(13-18-7-3-1-4-8-18)11-12-21(14-19-9-5-2-6-10-19)26-23(27)28-16-22-15-25-17-29-22/h1-12,15,17,20-21H,13-14,16,24H2,(H,26,27)/b12-11+/t20-,21?/m0/s1. The van der Waals surface area contributed by atoms with Gasteiger partial charge in [-0.05, 0) is 24.0 Å². The molecule has 0 bridgehead atoms. The Morgan fingerprint density at radius 3 is 2.31 bits per heavy atom. The minimum Gasteiger partial charge on any atom is -0.444 e. The number of alkyl carbamates (subject to hydrolysis) is 1. The zero-order chi connectivity index (χ0) is 20.3. The van der Waals surface area contributed by atoms with Crippen molar-refractivity contribution >= 4 is 17.4 Å². The van der Waals surface area contributed by atoms with Crippen molar-refractivity contribution in [2.75, 3.05) is 0 Å². The second-order valence-electron chi connectivity index (χ2n) is 6.72. The summed E-state index contributed by atoms with van der Waals surface area (Å²) >= 11 is 1.45. The van der Waals surface area contributed by atoms with Gasteiger partial charge in [0.05, 0.1) is 16.4 Å². The van der Waals surface area contributed by atoms with Gasteiger partial charge in [0.2, 0.25) is 0 Å². The third-order valence-electron chi connectivity index (χ3n) is 4.34. The van der Waals surface area contributed by atoms with Crippen LogP contribution in [0, 0.1) is 0 Å². The van der Waals surface area contributed by atoms with Crippen LogP contribution in [0.15, 0.2) is 84.5 Å². The van der Waals surface area contributed by atoms with Crippen LogP contribution in [-0.2, 0) is 24.2 Å². The predicted molar refractivity (Wildman–Crippen MR) is 117 cm³/mol. The highest BCUT2D eigenvalue weighted by molar-refractivity contribution is 7.09. The molecule has 0 saturated carbocycles. The van der Waals surface area contributed by atoms with Crippen LogP contribution in [-0.4, -0.2) is 23.2 Å². The molecule has 0 aliphatic heterocycles. The van der Waals surface area contributed by atoms with Gasteiger partial charge in [-0.3, -0.25) is 4.98 Å². The van der Waals surface area contributed by atoms with Crippen molar-refractivity contribution < 1.29 is 9.53 Å². The molecule has 150 valence electrons. The van der Waals surface area contributed by atoms with Crippen LogP contribution in [0.4, 0.5) is 4.79 Å². The molecule has 0 radical (unpaired) electrons. The molecular formula is C23H25N3O2S. The number of carbonyl (C=O) groups is 1. The maximum absolute atomic E-state index is 12.3. The van der Waals surface area contributed by atoms with E-state index in [0.29, 0.717) is 6.42 Å². The number of nitrogens with two attached hydrogens (primary N) is 1. The second kappa shape index (κ2) is 11.1. The summed E-state index contributed by atoms with van der Waals surface area (Å²) in [5, 5.41) is 2.93. The Kier molecular flexibility index (Phi) is 7.98. The number of rotatable bonds is 9. The molecular weight excluding hydrogens is 382 g/mol. The smallest absolute Gasteiger partial charge is 0.407 e. The van der Waals surface area contributed by atoms with Gasteiger partial charge in [-0.15, -0.1) is 11.3 Å². The average Bonchev–Trinajstić information content (AvgIpc) is 3.26. The van der Waals surface area contributed by atoms with Crippen molar-refractivity contribution in [2.45, 2.75) is 31.5 Å². The highest BCUT2D eigenvalue weighted by Crippen LogP contribution is 2.09. The molecule has 1 unspecified atom stereocenters. The maximum Gasteiger partial charge on any atom is 0.407 e. The summed E-state index contributed by atoms with van der Waals surface area (Å²) in [6.07, 6.45) is 6.54. The molecule has 5 nitrogen and oxygen atoms in total. The van der Waals surface area contributed by atoms with E-state index in [-0.39, 0.29) is 18.7 Å². The van der Waals surface area contributed by atoms with Gasteiger partial charge in [0.15, 0.2) is 0 Å². The van der Waals surface area contributed by atoms with E-state index >= 15 is 0 Å². The number of hydrogen-bond donors (Lipinski definition) is 2. The van der Waals surface area contributed by atoms with Crippen LogP contribution in [0.2, 0.25) is 0 Å². The van der Waals surface area contributed by atoms with E-state index in [4.69, 9.17) is 10.5 Å². The van der Waals surface area contributed by atoms with E-state index in [9.17, 15) is 4.79 Å². The maximum atomic E-state index is 12.3. The van der Waals surface area contributed by atoms with Crippen molar-refractivity contribution in [1.29, 1.82) is 0 Å². The lowest BCUT2D eigenvalue weighted by atomic mass is 10.0. The number of aromatic nitrogens is 1. The topological polar surface area (TPSA) is 77.2 Å². The Morgan fingerprint density at radius 2 is 1.69 bits per heavy atom. The molecule has 0 aliphatic carbocycles. The zero-order valence-electron chi connectivity index (χ0n) is 16.1. The molecule has 0 saturated heterocycles. The Morgan fingerprint density at radius 1 is 1.03 bits per heavy atom. The average molecular weight is 408 g/mol. The largest absolute Gasteiger partial charge is 0.444 e. The van der Waals surface area contributed by atoms with Crippen molar-refractivity contribution in [1.82, 2.24) is 10.3 Å². The molecule has 2 aromatic carbocycles. The van der Waals surface area contributed by atoms with Crippen LogP contribution >= 0.6 is 11.3 Å². The summed E-state index contributed by atoms with van der Waals surface area (Å²) in [6, 6.07) is 19.8. The van der Waals surface area contributed by atoms with Crippen LogP contribution in [0.5, 0.6) is 0 Å². The first-order valence-corrected chi connectivity index (χ1v) is 10.4. The van der Waals surface area contributed by atoms with Gasteiger partial charge >= 0.3 is 6.09 Å². The van der Waals surface area contributed by atoms with E-state index in [1.165, 1.54) is 16.9 Å². The number of hydrogen-bond acceptors (Lipinski definition) is 5. The number of nitrogens with one attached hydrogen (secondary N) is 1. The monoisotopic (exact) mass is 407 g/mol. The van der Waals surface area contributed by atoms with Crippen LogP contribution < -0.4 is 11.1 Å². The fourth-order valence-corrected chi connectivity index (χ4v) is 3.42. The van der Waals surface area contributed by atoms with Gasteiger partial charge in [-0.1, -0.05) is 72.8 Å². The Hall–Kier alpha value is -2.96. The molecule has 3 N–H and O–H groups in total. The van der Waals surface area contributed by atoms with Gasteiger partial charge in [0, 0.05) is 12.2 Å². The van der Waals surface area contributed by atoms with E-state index in [0.717, 1.165) is 16.9 Å². The molecule has 29 heavy (non-hydrogen) atoms. The number of benzene rings is 2. The first kappa shape index (κ1) is 20.8. The Bertz CT molecular complexity index is 883. The van der Waals surface area contributed by atoms with Gasteiger partial charge in [0.25, 0.3) is 0 Å². The summed E-state index contributed by atoms with van der Waals surface area (Å²) in [7, 11) is 0. The Balaban J connectivity index is 1.59. The van der Waals surface area contributed by atoms with Crippen LogP contribution in [0.1, 0.15) is 16.0 Å². The van der Waals surface area contributed by atoms with E-state index in [2.05, 4.69) is 22.4 Å². The van der Waals surface area contributed by atoms with Gasteiger partial charge in [-0.25, -0.2) is 4.79 Å². The second-order valence-corrected chi connectivity index (χ2v) is 7.69. The summed E-state index contributed by atoms with van der Waals surface area (Å²) in [4.78, 5) is 17.1. The quantitative estimate of drug-likeness (QED) is 0.524. The molecule has 0 spiro atoms. The van der Waals surface area contributed by atoms with Crippen molar-refractivity contribution in [3.8, 4) is 0 Å². The third-order valence-corrected chi connectivity index (χ3v) is 5.09. The van der Waals surface area contributed by atoms with Gasteiger partial charge in [0.1, 0.15) is 6.61 Å². The summed E-state index contributed by atoms with van der Waals surface area (Å²) in [6.45, 7) is 0.214. The minimum atomic E-state index is -0.458. The lowest BCUT2D eigenvalue weighted by Crippen LogP contribution is -2.36. The first-order chi connectivity index (χ1) is 14.2. The third kappa shape index (κ3) is 7.52. The summed E-state index contributed by atoms with van der Waals surface area (Å²) < 4.78 is 5.31. The molecule has 3 rings (SSSR count). The molecule has 1 amide bonds. The van der Waals surface area contributed by atoms with Crippen molar-refractivity contribution in [3.05, 3.63) is 101 Å². The first-order valence-electron chi connectivity index (χ1n) is 9.51. The molecule has 1 aromatic heterocycles. The number of thiazole rings is 1. The van der Waals surface area contributed by atoms with Crippen LogP contribution in [0.3, 0.4) is 0 Å². The highest BCUT2D eigenvalue weighted by atomic mass is 32.1. The molecule has 0 fully saturated rings. The zero-order valence-corrected chi connectivity index (χ0v) is 16.9. The molecule has 3 aromatic rings. The SMILES string of the molecule is N[C@@H](/C=C/C(Cc1ccccc1)NC(=O)OCc1cncs1)Cc1ccccc1. The summed E-state index contributed by atoms with van der Waals surface area (Å²) in [5.41, 5.74) is 10.3. The molecule has 2 atom stereocenters. The predicted octanol–water partition coefficient (Wildman–Crippen LogP) is 4.11. The van der Waals surface area contributed by atoms with Crippen molar-refractivity contribution in [3.63, 3.8) is 0 Å². The molecule has 1 heterocycles. The number of amides is 1. The minimum absolute atomic E-state index is 0.134. The van der Waals surface area contributed by atoms with E-state index in [1.807, 2.05) is 60.7 Å². The van der Waals surface area contributed by atoms with Gasteiger partial charge < -0.3 is 15.8 Å². The van der Waals surface area contributed by atoms with E-state index in [1.54, 1.807) is 11.7 Å².